The van der Waals surface area contributed by atoms with Gasteiger partial charge in [-0.3, -0.25) is 14.5 Å². The largest absolute Gasteiger partial charge is 0.490 e. The van der Waals surface area contributed by atoms with E-state index in [4.69, 9.17) is 16.3 Å². The van der Waals surface area contributed by atoms with Crippen LogP contribution < -0.4 is 10.1 Å². The summed E-state index contributed by atoms with van der Waals surface area (Å²) in [6.07, 6.45) is -3.86. The number of halogens is 4. The number of carbonyl (C=O) groups excluding carboxylic acids is 2. The highest BCUT2D eigenvalue weighted by molar-refractivity contribution is 6.30. The van der Waals surface area contributed by atoms with E-state index >= 15 is 0 Å². The molecule has 1 aliphatic heterocycles. The number of alkyl halides is 3. The maximum absolute atomic E-state index is 13.0. The Kier molecular flexibility index (Phi) is 8.79. The molecule has 204 valence electrons. The summed E-state index contributed by atoms with van der Waals surface area (Å²) in [7, 11) is 0. The Balaban J connectivity index is 1.49. The van der Waals surface area contributed by atoms with Crippen molar-refractivity contribution in [3.8, 4) is 29.0 Å². The quantitative estimate of drug-likeness (QED) is 0.440. The molecular weight excluding hydrogens is 535 g/mol. The Morgan fingerprint density at radius 3 is 2.59 bits per heavy atom. The van der Waals surface area contributed by atoms with Gasteiger partial charge in [-0.2, -0.15) is 13.2 Å². The van der Waals surface area contributed by atoms with Crippen LogP contribution in [0.15, 0.2) is 48.7 Å². The zero-order valence-electron chi connectivity index (χ0n) is 20.9. The van der Waals surface area contributed by atoms with Crippen molar-refractivity contribution >= 4 is 29.1 Å². The molecule has 4 rings (SSSR count). The number of anilines is 1. The maximum atomic E-state index is 13.0. The molecule has 1 aliphatic rings. The summed E-state index contributed by atoms with van der Waals surface area (Å²) in [5, 5.41) is 3.13. The van der Waals surface area contributed by atoms with Crippen LogP contribution in [0, 0.1) is 11.8 Å². The Morgan fingerprint density at radius 2 is 1.92 bits per heavy atom. The molecule has 0 aliphatic carbocycles. The van der Waals surface area contributed by atoms with Crippen LogP contribution in [-0.4, -0.2) is 70.9 Å². The number of aromatic amines is 1. The smallest absolute Gasteiger partial charge is 0.432 e. The average molecular weight is 560 g/mol. The lowest BCUT2D eigenvalue weighted by molar-refractivity contribution is -0.140. The fourth-order valence-corrected chi connectivity index (χ4v) is 4.12. The van der Waals surface area contributed by atoms with E-state index in [0.29, 0.717) is 60.8 Å². The minimum atomic E-state index is -4.57. The molecule has 0 radical (unpaired) electrons. The van der Waals surface area contributed by atoms with Gasteiger partial charge in [0, 0.05) is 61.7 Å². The third-order valence-corrected chi connectivity index (χ3v) is 6.25. The first-order valence-corrected chi connectivity index (χ1v) is 12.4. The number of nitrogens with zero attached hydrogens (tertiary/aromatic N) is 3. The number of carbonyl (C=O) groups is 2. The second-order valence-electron chi connectivity index (χ2n) is 8.76. The van der Waals surface area contributed by atoms with E-state index < -0.39 is 17.8 Å². The van der Waals surface area contributed by atoms with Gasteiger partial charge >= 0.3 is 12.1 Å². The summed E-state index contributed by atoms with van der Waals surface area (Å²) < 4.78 is 45.1. The molecule has 39 heavy (non-hydrogen) atoms. The molecule has 2 amide bonds. The predicted octanol–water partition coefficient (Wildman–Crippen LogP) is 4.28. The number of H-pyrrole nitrogens is 1. The number of rotatable bonds is 6. The standard InChI is InChI=1S/C27H25ClF3N5O3/c1-18(37)36-11-9-35(10-12-36)13-14-39-23-7-6-20(26-32-17-24(34-26)27(29,30)31)16-22(23)33-25(38)8-5-19-3-2-4-21(28)15-19/h2-4,6-7,15-17H,9-14H2,1H3,(H,32,34)(H,33,38). The summed E-state index contributed by atoms with van der Waals surface area (Å²) in [6.45, 7) is 5.12. The number of hydrogen-bond donors (Lipinski definition) is 2. The van der Waals surface area contributed by atoms with Gasteiger partial charge in [0.2, 0.25) is 5.91 Å². The molecule has 12 heteroatoms. The summed E-state index contributed by atoms with van der Waals surface area (Å²) in [4.78, 5) is 34.2. The Bertz CT molecular complexity index is 1410. The van der Waals surface area contributed by atoms with E-state index in [-0.39, 0.29) is 24.0 Å². The molecule has 0 bridgehead atoms. The van der Waals surface area contributed by atoms with Crippen LogP contribution in [0.25, 0.3) is 11.4 Å². The number of benzene rings is 2. The molecule has 1 aromatic heterocycles. The molecular formula is C27H25ClF3N5O3. The Morgan fingerprint density at radius 1 is 1.15 bits per heavy atom. The number of aromatic nitrogens is 2. The zero-order valence-corrected chi connectivity index (χ0v) is 21.7. The third-order valence-electron chi connectivity index (χ3n) is 6.01. The van der Waals surface area contributed by atoms with Gasteiger partial charge < -0.3 is 19.9 Å². The summed E-state index contributed by atoms with van der Waals surface area (Å²) in [5.41, 5.74) is 0.101. The number of ether oxygens (including phenoxy) is 1. The average Bonchev–Trinajstić information content (AvgIpc) is 3.40. The van der Waals surface area contributed by atoms with Crippen molar-refractivity contribution in [1.82, 2.24) is 19.8 Å². The lowest BCUT2D eigenvalue weighted by Crippen LogP contribution is -2.48. The second kappa shape index (κ2) is 12.2. The van der Waals surface area contributed by atoms with Crippen LogP contribution in [0.5, 0.6) is 5.75 Å². The number of piperazine rings is 1. The van der Waals surface area contributed by atoms with Gasteiger partial charge in [0.15, 0.2) is 0 Å². The van der Waals surface area contributed by atoms with Crippen molar-refractivity contribution in [3.63, 3.8) is 0 Å². The molecule has 0 unspecified atom stereocenters. The molecule has 8 nitrogen and oxygen atoms in total. The minimum absolute atomic E-state index is 0.0160. The van der Waals surface area contributed by atoms with Crippen molar-refractivity contribution in [3.05, 3.63) is 64.9 Å². The number of amides is 2. The highest BCUT2D eigenvalue weighted by Gasteiger charge is 2.33. The van der Waals surface area contributed by atoms with E-state index in [1.54, 1.807) is 48.2 Å². The van der Waals surface area contributed by atoms with Crippen molar-refractivity contribution in [2.24, 2.45) is 0 Å². The molecule has 0 atom stereocenters. The van der Waals surface area contributed by atoms with Crippen molar-refractivity contribution in [1.29, 1.82) is 0 Å². The van der Waals surface area contributed by atoms with Gasteiger partial charge in [-0.15, -0.1) is 0 Å². The second-order valence-corrected chi connectivity index (χ2v) is 9.20. The SMILES string of the molecule is CC(=O)N1CCN(CCOc2ccc(-c3ncc(C(F)(F)F)[nH]3)cc2NC(=O)C#Cc2cccc(Cl)c2)CC1. The van der Waals surface area contributed by atoms with Crippen LogP contribution in [-0.2, 0) is 15.8 Å². The summed E-state index contributed by atoms with van der Waals surface area (Å²) in [5.74, 6) is 4.91. The summed E-state index contributed by atoms with van der Waals surface area (Å²) >= 11 is 5.96. The molecule has 1 fully saturated rings. The monoisotopic (exact) mass is 559 g/mol. The molecule has 0 spiro atoms. The van der Waals surface area contributed by atoms with Gasteiger partial charge in [-0.1, -0.05) is 23.6 Å². The van der Waals surface area contributed by atoms with Crippen LogP contribution in [0.3, 0.4) is 0 Å². The first kappa shape index (κ1) is 28.0. The topological polar surface area (TPSA) is 90.6 Å². The minimum Gasteiger partial charge on any atom is -0.490 e. The van der Waals surface area contributed by atoms with E-state index in [2.05, 4.69) is 32.0 Å². The van der Waals surface area contributed by atoms with Gasteiger partial charge in [-0.25, -0.2) is 4.98 Å². The zero-order chi connectivity index (χ0) is 28.0. The van der Waals surface area contributed by atoms with Crippen LogP contribution in [0.2, 0.25) is 5.02 Å². The van der Waals surface area contributed by atoms with Crippen LogP contribution in [0.1, 0.15) is 18.2 Å². The first-order valence-electron chi connectivity index (χ1n) is 12.0. The highest BCUT2D eigenvalue weighted by Crippen LogP contribution is 2.33. The van der Waals surface area contributed by atoms with Crippen molar-refractivity contribution < 1.29 is 27.5 Å². The Labute approximate surface area is 228 Å². The maximum Gasteiger partial charge on any atom is 0.432 e. The summed E-state index contributed by atoms with van der Waals surface area (Å²) in [6, 6.07) is 11.3. The van der Waals surface area contributed by atoms with E-state index in [0.717, 1.165) is 0 Å². The fourth-order valence-electron chi connectivity index (χ4n) is 3.93. The van der Waals surface area contributed by atoms with Crippen molar-refractivity contribution in [2.45, 2.75) is 13.1 Å². The van der Waals surface area contributed by atoms with Gasteiger partial charge in [0.25, 0.3) is 0 Å². The number of hydrogen-bond acceptors (Lipinski definition) is 5. The van der Waals surface area contributed by atoms with Crippen molar-refractivity contribution in [2.75, 3.05) is 44.6 Å². The molecule has 2 aromatic carbocycles. The fraction of sp³-hybridized carbons (Fsp3) is 0.296. The molecule has 2 heterocycles. The van der Waals surface area contributed by atoms with E-state index in [1.165, 1.54) is 6.07 Å². The lowest BCUT2D eigenvalue weighted by atomic mass is 10.1. The van der Waals surface area contributed by atoms with Gasteiger partial charge in [-0.05, 0) is 36.4 Å². The van der Waals surface area contributed by atoms with Crippen LogP contribution >= 0.6 is 11.6 Å². The van der Waals surface area contributed by atoms with Gasteiger partial charge in [0.1, 0.15) is 23.9 Å². The van der Waals surface area contributed by atoms with Gasteiger partial charge in [0.05, 0.1) is 11.9 Å². The highest BCUT2D eigenvalue weighted by atomic mass is 35.5. The third kappa shape index (κ3) is 7.75. The van der Waals surface area contributed by atoms with E-state index in [1.807, 2.05) is 0 Å². The lowest BCUT2D eigenvalue weighted by Gasteiger charge is -2.34. The molecule has 3 aromatic rings. The molecule has 2 N–H and O–H groups in total. The van der Waals surface area contributed by atoms with E-state index in [9.17, 15) is 22.8 Å². The molecule has 1 saturated heterocycles. The first-order chi connectivity index (χ1) is 18.6. The van der Waals surface area contributed by atoms with Crippen LogP contribution in [0.4, 0.5) is 18.9 Å². The normalized spacial score (nSPS) is 13.9. The predicted molar refractivity (Wildman–Crippen MR) is 140 cm³/mol. The Hall–Kier alpha value is -4.01. The molecule has 0 saturated carbocycles. The number of nitrogens with one attached hydrogen (secondary N) is 2. The number of imidazole rings is 1.